The van der Waals surface area contributed by atoms with Crippen molar-refractivity contribution >= 4 is 24.2 Å². The lowest BCUT2D eigenvalue weighted by atomic mass is 9.98. The topological polar surface area (TPSA) is 148 Å². The van der Waals surface area contributed by atoms with Crippen LogP contribution in [0.1, 0.15) is 98.1 Å². The maximum Gasteiger partial charge on any atom is 0.437 e. The normalized spacial score (nSPS) is 19.6. The molecule has 40 heavy (non-hydrogen) atoms. The number of hydrogen-bond donors (Lipinski definition) is 2. The van der Waals surface area contributed by atoms with Crippen LogP contribution in [0.5, 0.6) is 0 Å². The van der Waals surface area contributed by atoms with E-state index in [1.165, 1.54) is 5.06 Å². The molecule has 3 heterocycles. The first-order chi connectivity index (χ1) is 18.8. The largest absolute Gasteiger partial charge is 0.444 e. The number of urea groups is 1. The molecule has 2 bridgehead atoms. The van der Waals surface area contributed by atoms with Gasteiger partial charge >= 0.3 is 18.2 Å². The molecule has 2 fully saturated rings. The Morgan fingerprint density at radius 3 is 2.52 bits per heavy atom. The first-order valence-electron chi connectivity index (χ1n) is 14.0. The highest BCUT2D eigenvalue weighted by atomic mass is 16.7. The van der Waals surface area contributed by atoms with Gasteiger partial charge in [-0.2, -0.15) is 5.06 Å². The van der Waals surface area contributed by atoms with Gasteiger partial charge in [0.1, 0.15) is 22.7 Å². The second-order valence-electron chi connectivity index (χ2n) is 12.0. The lowest BCUT2D eigenvalue weighted by molar-refractivity contribution is -0.130. The SMILES string of the molecule is CCCCON1C(=O)N2C[C@@H]1CC[C@H]2c1cc(CCCN/C(=N\C(=O)OC(C)(C)C)NC(=O)OC(C)(C)C)on1. The minimum atomic E-state index is -0.841. The number of carbonyl (C=O) groups excluding carboxylic acids is 3. The summed E-state index contributed by atoms with van der Waals surface area (Å²) in [7, 11) is 0. The van der Waals surface area contributed by atoms with Crippen molar-refractivity contribution < 1.29 is 33.2 Å². The van der Waals surface area contributed by atoms with Gasteiger partial charge in [-0.25, -0.2) is 14.4 Å². The van der Waals surface area contributed by atoms with Crippen LogP contribution in [0.25, 0.3) is 0 Å². The van der Waals surface area contributed by atoms with Gasteiger partial charge in [-0.15, -0.1) is 4.99 Å². The summed E-state index contributed by atoms with van der Waals surface area (Å²) in [4.78, 5) is 48.8. The molecular formula is C27H44N6O7. The first kappa shape index (κ1) is 31.2. The fourth-order valence-corrected chi connectivity index (χ4v) is 4.37. The summed E-state index contributed by atoms with van der Waals surface area (Å²) in [5, 5.41) is 11.2. The molecule has 0 radical (unpaired) electrons. The molecule has 0 aliphatic carbocycles. The highest BCUT2D eigenvalue weighted by Gasteiger charge is 2.46. The van der Waals surface area contributed by atoms with E-state index in [9.17, 15) is 14.4 Å². The average Bonchev–Trinajstić information content (AvgIpc) is 3.38. The minimum absolute atomic E-state index is 0.0724. The van der Waals surface area contributed by atoms with Crippen LogP contribution >= 0.6 is 0 Å². The lowest BCUT2D eigenvalue weighted by Gasteiger charge is -2.28. The van der Waals surface area contributed by atoms with Gasteiger partial charge < -0.3 is 24.2 Å². The molecule has 2 atom stereocenters. The number of aromatic nitrogens is 1. The van der Waals surface area contributed by atoms with E-state index < -0.39 is 23.4 Å². The van der Waals surface area contributed by atoms with E-state index in [4.69, 9.17) is 18.8 Å². The summed E-state index contributed by atoms with van der Waals surface area (Å²) in [5.41, 5.74) is -0.727. The highest BCUT2D eigenvalue weighted by molar-refractivity contribution is 5.98. The molecule has 2 aliphatic rings. The smallest absolute Gasteiger partial charge is 0.437 e. The fourth-order valence-electron chi connectivity index (χ4n) is 4.37. The van der Waals surface area contributed by atoms with E-state index >= 15 is 0 Å². The number of amides is 4. The zero-order valence-electron chi connectivity index (χ0n) is 24.7. The second-order valence-corrected chi connectivity index (χ2v) is 12.0. The molecule has 3 rings (SSSR count). The number of carbonyl (C=O) groups is 3. The Morgan fingerprint density at radius 2 is 1.85 bits per heavy atom. The number of nitrogens with one attached hydrogen (secondary N) is 2. The van der Waals surface area contributed by atoms with Crippen LogP contribution in [-0.2, 0) is 20.7 Å². The van der Waals surface area contributed by atoms with Crippen molar-refractivity contribution in [1.82, 2.24) is 25.8 Å². The summed E-state index contributed by atoms with van der Waals surface area (Å²) < 4.78 is 16.0. The van der Waals surface area contributed by atoms with Gasteiger partial charge in [-0.1, -0.05) is 18.5 Å². The van der Waals surface area contributed by atoms with Crippen molar-refractivity contribution in [2.24, 2.45) is 4.99 Å². The van der Waals surface area contributed by atoms with E-state index in [0.29, 0.717) is 38.3 Å². The number of alkyl carbamates (subject to hydrolysis) is 1. The molecule has 0 aromatic carbocycles. The molecule has 2 saturated heterocycles. The van der Waals surface area contributed by atoms with Crippen molar-refractivity contribution in [3.05, 3.63) is 17.5 Å². The highest BCUT2D eigenvalue weighted by Crippen LogP contribution is 2.38. The molecule has 1 aromatic rings. The molecule has 0 spiro atoms. The summed E-state index contributed by atoms with van der Waals surface area (Å²) >= 11 is 0. The van der Waals surface area contributed by atoms with Crippen LogP contribution in [0.2, 0.25) is 0 Å². The van der Waals surface area contributed by atoms with Gasteiger partial charge in [0.25, 0.3) is 0 Å². The maximum atomic E-state index is 12.9. The molecular weight excluding hydrogens is 520 g/mol. The minimum Gasteiger partial charge on any atom is -0.444 e. The Kier molecular flexibility index (Phi) is 10.4. The van der Waals surface area contributed by atoms with Gasteiger partial charge in [0.15, 0.2) is 0 Å². The standard InChI is InChI=1S/C27H44N6O7/c1-8-9-15-37-33-18-12-13-21(32(17-18)25(33)36)20-16-19(40-31-20)11-10-14-28-22(29-23(34)38-26(2,3)4)30-24(35)39-27(5,6)7/h16,18,21H,8-15,17H2,1-7H3,(H2,28,29,30,34,35)/t18-,21-/m0/s1. The Morgan fingerprint density at radius 1 is 1.12 bits per heavy atom. The number of hydrogen-bond acceptors (Lipinski definition) is 8. The molecule has 1 aromatic heterocycles. The van der Waals surface area contributed by atoms with E-state index in [0.717, 1.165) is 31.4 Å². The zero-order chi connectivity index (χ0) is 29.5. The Balaban J connectivity index is 1.53. The summed E-state index contributed by atoms with van der Waals surface area (Å²) in [6.07, 6.45) is 3.10. The molecule has 0 saturated carbocycles. The molecule has 4 amide bonds. The Bertz CT molecular complexity index is 1060. The number of aliphatic imine (C=N–C) groups is 1. The van der Waals surface area contributed by atoms with E-state index in [-0.39, 0.29) is 24.1 Å². The van der Waals surface area contributed by atoms with E-state index in [1.54, 1.807) is 41.5 Å². The number of unbranched alkanes of at least 4 members (excludes halogenated alkanes) is 1. The van der Waals surface area contributed by atoms with Gasteiger partial charge in [0.05, 0.1) is 18.7 Å². The molecule has 0 unspecified atom stereocenters. The molecule has 13 nitrogen and oxygen atoms in total. The van der Waals surface area contributed by atoms with Crippen LogP contribution in [0.4, 0.5) is 14.4 Å². The van der Waals surface area contributed by atoms with Crippen LogP contribution in [0.3, 0.4) is 0 Å². The number of hydroxylamine groups is 2. The fraction of sp³-hybridized carbons (Fsp3) is 0.741. The number of ether oxygens (including phenoxy) is 2. The number of fused-ring (bicyclic) bond motifs is 2. The Labute approximate surface area is 235 Å². The third-order valence-corrected chi connectivity index (χ3v) is 6.08. The summed E-state index contributed by atoms with van der Waals surface area (Å²) in [5.74, 6) is 0.601. The molecule has 2 N–H and O–H groups in total. The monoisotopic (exact) mass is 564 g/mol. The zero-order valence-corrected chi connectivity index (χ0v) is 24.7. The lowest BCUT2D eigenvalue weighted by Crippen LogP contribution is -2.44. The van der Waals surface area contributed by atoms with Crippen molar-refractivity contribution in [1.29, 1.82) is 0 Å². The van der Waals surface area contributed by atoms with Crippen LogP contribution in [0, 0.1) is 0 Å². The second kappa shape index (κ2) is 13.3. The van der Waals surface area contributed by atoms with Crippen LogP contribution in [-0.4, -0.2) is 76.2 Å². The number of guanidine groups is 1. The third-order valence-electron chi connectivity index (χ3n) is 6.08. The quantitative estimate of drug-likeness (QED) is 0.248. The number of piperidine rings is 1. The Hall–Kier alpha value is -3.35. The van der Waals surface area contributed by atoms with Gasteiger partial charge in [0, 0.05) is 25.6 Å². The molecule has 13 heteroatoms. The van der Waals surface area contributed by atoms with Crippen molar-refractivity contribution in [3.8, 4) is 0 Å². The van der Waals surface area contributed by atoms with Crippen LogP contribution in [0.15, 0.2) is 15.6 Å². The predicted octanol–water partition coefficient (Wildman–Crippen LogP) is 4.69. The van der Waals surface area contributed by atoms with Crippen molar-refractivity contribution in [3.63, 3.8) is 0 Å². The predicted molar refractivity (Wildman–Crippen MR) is 146 cm³/mol. The average molecular weight is 565 g/mol. The summed E-state index contributed by atoms with van der Waals surface area (Å²) in [6.45, 7) is 14.0. The van der Waals surface area contributed by atoms with E-state index in [2.05, 4.69) is 27.7 Å². The third kappa shape index (κ3) is 9.39. The maximum absolute atomic E-state index is 12.9. The molecule has 2 aliphatic heterocycles. The van der Waals surface area contributed by atoms with E-state index in [1.807, 2.05) is 11.0 Å². The van der Waals surface area contributed by atoms with Gasteiger partial charge in [-0.05, 0) is 67.2 Å². The number of nitrogens with zero attached hydrogens (tertiary/aromatic N) is 4. The van der Waals surface area contributed by atoms with Crippen molar-refractivity contribution in [2.75, 3.05) is 19.7 Å². The van der Waals surface area contributed by atoms with Crippen molar-refractivity contribution in [2.45, 2.75) is 110 Å². The van der Waals surface area contributed by atoms with Gasteiger partial charge in [-0.3, -0.25) is 10.2 Å². The van der Waals surface area contributed by atoms with Crippen LogP contribution < -0.4 is 10.6 Å². The summed E-state index contributed by atoms with van der Waals surface area (Å²) in [6, 6.07) is 1.69. The van der Waals surface area contributed by atoms with Gasteiger partial charge in [0.2, 0.25) is 5.96 Å². The number of aryl methyl sites for hydroxylation is 1. The molecule has 224 valence electrons. The first-order valence-corrected chi connectivity index (χ1v) is 14.0. The number of rotatable bonds is 9.